The monoisotopic (exact) mass is 405 g/mol. The summed E-state index contributed by atoms with van der Waals surface area (Å²) >= 11 is 5.96. The van der Waals surface area contributed by atoms with E-state index in [0.717, 1.165) is 12.8 Å². The minimum absolute atomic E-state index is 0.0678. The predicted octanol–water partition coefficient (Wildman–Crippen LogP) is 4.20. The van der Waals surface area contributed by atoms with Crippen LogP contribution in [0, 0.1) is 10.1 Å². The number of methoxy groups -OCH3 is 1. The van der Waals surface area contributed by atoms with Gasteiger partial charge < -0.3 is 9.47 Å². The highest BCUT2D eigenvalue weighted by Gasteiger charge is 2.22. The van der Waals surface area contributed by atoms with Crippen molar-refractivity contribution in [1.29, 1.82) is 0 Å². The zero-order valence-corrected chi connectivity index (χ0v) is 16.2. The molecule has 0 bridgehead atoms. The number of nitrogens with zero attached hydrogens (tertiary/aromatic N) is 2. The molecule has 1 N–H and O–H groups in total. The van der Waals surface area contributed by atoms with E-state index in [1.807, 2.05) is 6.92 Å². The van der Waals surface area contributed by atoms with Gasteiger partial charge in [0.2, 0.25) is 5.75 Å². The van der Waals surface area contributed by atoms with E-state index in [-0.39, 0.29) is 22.7 Å². The van der Waals surface area contributed by atoms with Crippen molar-refractivity contribution >= 4 is 29.4 Å². The summed E-state index contributed by atoms with van der Waals surface area (Å²) in [6, 6.07) is 9.37. The van der Waals surface area contributed by atoms with E-state index < -0.39 is 10.8 Å². The number of carbonyl (C=O) groups is 1. The molecule has 0 radical (unpaired) electrons. The zero-order valence-electron chi connectivity index (χ0n) is 15.5. The van der Waals surface area contributed by atoms with Crippen LogP contribution in [0.1, 0.15) is 35.7 Å². The first-order valence-electron chi connectivity index (χ1n) is 8.55. The molecule has 2 rings (SSSR count). The minimum Gasteiger partial charge on any atom is -0.493 e. The summed E-state index contributed by atoms with van der Waals surface area (Å²) in [7, 11) is 1.39. The van der Waals surface area contributed by atoms with E-state index >= 15 is 0 Å². The number of ether oxygens (including phenoxy) is 2. The number of halogens is 1. The van der Waals surface area contributed by atoms with Gasteiger partial charge in [-0.3, -0.25) is 14.9 Å². The average molecular weight is 406 g/mol. The number of carbonyl (C=O) groups excluding carboxylic acids is 1. The summed E-state index contributed by atoms with van der Waals surface area (Å²) in [6.07, 6.45) is 2.93. The first-order chi connectivity index (χ1) is 13.5. The quantitative estimate of drug-likeness (QED) is 0.291. The van der Waals surface area contributed by atoms with E-state index in [1.165, 1.54) is 19.4 Å². The van der Waals surface area contributed by atoms with Gasteiger partial charge in [-0.05, 0) is 24.6 Å². The molecule has 0 aromatic heterocycles. The van der Waals surface area contributed by atoms with Gasteiger partial charge in [-0.1, -0.05) is 37.1 Å². The molecule has 148 valence electrons. The third-order valence-corrected chi connectivity index (χ3v) is 4.05. The summed E-state index contributed by atoms with van der Waals surface area (Å²) in [5.74, 6) is -0.217. The van der Waals surface area contributed by atoms with E-state index in [4.69, 9.17) is 21.1 Å². The van der Waals surface area contributed by atoms with Gasteiger partial charge in [0.1, 0.15) is 0 Å². The van der Waals surface area contributed by atoms with Crippen molar-refractivity contribution in [2.45, 2.75) is 19.8 Å². The number of hydrazone groups is 1. The van der Waals surface area contributed by atoms with Crippen molar-refractivity contribution in [3.63, 3.8) is 0 Å². The Balaban J connectivity index is 2.22. The zero-order chi connectivity index (χ0) is 20.5. The Labute approximate surface area is 167 Å². The standard InChI is InChI=1S/C19H20ClN3O5/c1-3-4-9-28-18-16(23(25)26)10-13(11-17(18)27-2)12-21-22-19(24)14-7-5-6-8-15(14)20/h5-8,10-12H,3-4,9H2,1-2H3,(H,22,24)/b21-12-. The average Bonchev–Trinajstić information content (AvgIpc) is 2.68. The molecule has 0 atom stereocenters. The molecule has 0 aliphatic heterocycles. The fourth-order valence-electron chi connectivity index (χ4n) is 2.30. The van der Waals surface area contributed by atoms with E-state index in [2.05, 4.69) is 10.5 Å². The maximum atomic E-state index is 12.1. The van der Waals surface area contributed by atoms with Gasteiger partial charge in [-0.15, -0.1) is 0 Å². The van der Waals surface area contributed by atoms with Gasteiger partial charge in [-0.2, -0.15) is 5.10 Å². The lowest BCUT2D eigenvalue weighted by molar-refractivity contribution is -0.386. The van der Waals surface area contributed by atoms with Crippen LogP contribution in [0.5, 0.6) is 11.5 Å². The number of hydrogen-bond donors (Lipinski definition) is 1. The molecule has 1 amide bonds. The Morgan fingerprint density at radius 2 is 2.11 bits per heavy atom. The van der Waals surface area contributed by atoms with Gasteiger partial charge >= 0.3 is 5.69 Å². The lowest BCUT2D eigenvalue weighted by atomic mass is 10.2. The van der Waals surface area contributed by atoms with E-state index in [0.29, 0.717) is 17.2 Å². The first kappa shape index (κ1) is 21.2. The van der Waals surface area contributed by atoms with E-state index in [9.17, 15) is 14.9 Å². The summed E-state index contributed by atoms with van der Waals surface area (Å²) in [4.78, 5) is 23.0. The molecule has 9 heteroatoms. The largest absolute Gasteiger partial charge is 0.493 e. The smallest absolute Gasteiger partial charge is 0.315 e. The molecular weight excluding hydrogens is 386 g/mol. The van der Waals surface area contributed by atoms with Gasteiger partial charge in [0.25, 0.3) is 5.91 Å². The summed E-state index contributed by atoms with van der Waals surface area (Å²) in [5.41, 5.74) is 2.73. The lowest BCUT2D eigenvalue weighted by Gasteiger charge is -2.11. The van der Waals surface area contributed by atoms with Crippen LogP contribution in [0.2, 0.25) is 5.02 Å². The summed E-state index contributed by atoms with van der Waals surface area (Å²) < 4.78 is 10.8. The molecule has 28 heavy (non-hydrogen) atoms. The second kappa shape index (κ2) is 10.3. The first-order valence-corrected chi connectivity index (χ1v) is 8.92. The van der Waals surface area contributed by atoms with Crippen molar-refractivity contribution in [2.75, 3.05) is 13.7 Å². The second-order valence-corrected chi connectivity index (χ2v) is 6.12. The molecule has 0 unspecified atom stereocenters. The van der Waals surface area contributed by atoms with Crippen molar-refractivity contribution in [1.82, 2.24) is 5.43 Å². The highest BCUT2D eigenvalue weighted by molar-refractivity contribution is 6.33. The Bertz CT molecular complexity index is 886. The van der Waals surface area contributed by atoms with E-state index in [1.54, 1.807) is 30.3 Å². The van der Waals surface area contributed by atoms with Crippen LogP contribution in [0.3, 0.4) is 0 Å². The number of benzene rings is 2. The topological polar surface area (TPSA) is 103 Å². The summed E-state index contributed by atoms with van der Waals surface area (Å²) in [6.45, 7) is 2.33. The van der Waals surface area contributed by atoms with Gasteiger partial charge in [0, 0.05) is 11.6 Å². The maximum Gasteiger partial charge on any atom is 0.315 e. The number of unbranched alkanes of at least 4 members (excludes halogenated alkanes) is 1. The maximum absolute atomic E-state index is 12.1. The third kappa shape index (κ3) is 5.43. The van der Waals surface area contributed by atoms with Gasteiger partial charge in [-0.25, -0.2) is 5.43 Å². The SMILES string of the molecule is CCCCOc1c(OC)cc(/C=N\NC(=O)c2ccccc2Cl)cc1[N+](=O)[O-]. The molecule has 0 aliphatic carbocycles. The number of rotatable bonds is 9. The minimum atomic E-state index is -0.552. The van der Waals surface area contributed by atoms with Gasteiger partial charge in [0.15, 0.2) is 5.75 Å². The molecule has 0 saturated heterocycles. The van der Waals surface area contributed by atoms with Crippen molar-refractivity contribution in [2.24, 2.45) is 5.10 Å². The fourth-order valence-corrected chi connectivity index (χ4v) is 2.53. The van der Waals surface area contributed by atoms with Crippen LogP contribution in [0.25, 0.3) is 0 Å². The number of hydrogen-bond acceptors (Lipinski definition) is 6. The van der Waals surface area contributed by atoms with Crippen molar-refractivity contribution in [3.8, 4) is 11.5 Å². The summed E-state index contributed by atoms with van der Waals surface area (Å²) in [5, 5.41) is 15.6. The Morgan fingerprint density at radius 1 is 1.36 bits per heavy atom. The van der Waals surface area contributed by atoms with Crippen LogP contribution in [-0.2, 0) is 0 Å². The Morgan fingerprint density at radius 3 is 2.75 bits per heavy atom. The molecular formula is C19H20ClN3O5. The predicted molar refractivity (Wildman–Crippen MR) is 107 cm³/mol. The number of nitrogens with one attached hydrogen (secondary N) is 1. The molecule has 0 spiro atoms. The Hall–Kier alpha value is -3.13. The molecule has 8 nitrogen and oxygen atoms in total. The molecule has 0 heterocycles. The molecule has 0 fully saturated rings. The highest BCUT2D eigenvalue weighted by atomic mass is 35.5. The molecule has 0 saturated carbocycles. The molecule has 0 aliphatic rings. The van der Waals surface area contributed by atoms with Crippen LogP contribution in [0.15, 0.2) is 41.5 Å². The highest BCUT2D eigenvalue weighted by Crippen LogP contribution is 2.38. The third-order valence-electron chi connectivity index (χ3n) is 3.72. The second-order valence-electron chi connectivity index (χ2n) is 5.71. The fraction of sp³-hybridized carbons (Fsp3) is 0.263. The lowest BCUT2D eigenvalue weighted by Crippen LogP contribution is -2.18. The number of nitro groups is 1. The van der Waals surface area contributed by atoms with Crippen molar-refractivity contribution in [3.05, 3.63) is 62.7 Å². The molecule has 2 aromatic carbocycles. The van der Waals surface area contributed by atoms with Crippen LogP contribution < -0.4 is 14.9 Å². The van der Waals surface area contributed by atoms with Crippen molar-refractivity contribution < 1.29 is 19.2 Å². The van der Waals surface area contributed by atoms with Crippen LogP contribution in [-0.4, -0.2) is 30.8 Å². The normalized spacial score (nSPS) is 10.7. The molecule has 2 aromatic rings. The van der Waals surface area contributed by atoms with Crippen LogP contribution >= 0.6 is 11.6 Å². The van der Waals surface area contributed by atoms with Crippen LogP contribution in [0.4, 0.5) is 5.69 Å². The Kier molecular flexibility index (Phi) is 7.76. The number of nitro benzene ring substituents is 1. The van der Waals surface area contributed by atoms with Gasteiger partial charge in [0.05, 0.1) is 35.4 Å². The number of amides is 1.